The van der Waals surface area contributed by atoms with Gasteiger partial charge in [0.25, 0.3) is 0 Å². The molecule has 1 unspecified atom stereocenters. The molecular formula is C36H42N4O2. The van der Waals surface area contributed by atoms with Crippen LogP contribution in [0.2, 0.25) is 0 Å². The number of hydrogen-bond donors (Lipinski definition) is 1. The van der Waals surface area contributed by atoms with Crippen LogP contribution in [0.5, 0.6) is 11.5 Å². The molecule has 0 aliphatic carbocycles. The summed E-state index contributed by atoms with van der Waals surface area (Å²) in [6.07, 6.45) is 6.81. The quantitative estimate of drug-likeness (QED) is 0.184. The number of aryl methyl sites for hydroxylation is 2. The number of aromatic nitrogens is 4. The van der Waals surface area contributed by atoms with Crippen molar-refractivity contribution in [2.24, 2.45) is 13.0 Å². The Morgan fingerprint density at radius 1 is 0.786 bits per heavy atom. The van der Waals surface area contributed by atoms with Crippen LogP contribution in [0.15, 0.2) is 54.7 Å². The highest BCUT2D eigenvalue weighted by Gasteiger charge is 2.20. The Labute approximate surface area is 249 Å². The van der Waals surface area contributed by atoms with Crippen molar-refractivity contribution >= 4 is 10.9 Å². The van der Waals surface area contributed by atoms with Crippen LogP contribution in [-0.4, -0.2) is 31.2 Å². The molecule has 0 amide bonds. The van der Waals surface area contributed by atoms with Crippen LogP contribution < -0.4 is 4.74 Å². The van der Waals surface area contributed by atoms with Crippen molar-refractivity contribution in [1.29, 1.82) is 0 Å². The Morgan fingerprint density at radius 2 is 1.45 bits per heavy atom. The van der Waals surface area contributed by atoms with Crippen molar-refractivity contribution in [3.8, 4) is 45.7 Å². The third kappa shape index (κ3) is 5.63. The SMILES string of the molecule is CCCCC(CC)COc1ccc(-c2nc(-c3ccc(C)c(C)c3O)nc(-c3cn(C)c4ccccc34)n2)c(C)c1C. The summed E-state index contributed by atoms with van der Waals surface area (Å²) < 4.78 is 8.44. The van der Waals surface area contributed by atoms with Crippen LogP contribution in [0.1, 0.15) is 61.8 Å². The first-order valence-electron chi connectivity index (χ1n) is 15.1. The second-order valence-corrected chi connectivity index (χ2v) is 11.5. The highest BCUT2D eigenvalue weighted by atomic mass is 16.5. The molecule has 0 saturated heterocycles. The van der Waals surface area contributed by atoms with Crippen LogP contribution >= 0.6 is 0 Å². The normalized spacial score (nSPS) is 12.2. The van der Waals surface area contributed by atoms with E-state index in [2.05, 4.69) is 56.7 Å². The van der Waals surface area contributed by atoms with Gasteiger partial charge in [0, 0.05) is 35.3 Å². The summed E-state index contributed by atoms with van der Waals surface area (Å²) in [5, 5.41) is 12.2. The van der Waals surface area contributed by atoms with Crippen LogP contribution in [0, 0.1) is 33.6 Å². The Balaban J connectivity index is 1.62. The van der Waals surface area contributed by atoms with Crippen LogP contribution in [0.4, 0.5) is 0 Å². The van der Waals surface area contributed by atoms with Crippen LogP contribution in [0.25, 0.3) is 45.1 Å². The molecule has 5 rings (SSSR count). The third-order valence-corrected chi connectivity index (χ3v) is 8.71. The first kappa shape index (κ1) is 29.3. The van der Waals surface area contributed by atoms with Crippen LogP contribution in [0.3, 0.4) is 0 Å². The minimum Gasteiger partial charge on any atom is -0.507 e. The van der Waals surface area contributed by atoms with E-state index in [-0.39, 0.29) is 5.75 Å². The van der Waals surface area contributed by atoms with Gasteiger partial charge in [0.1, 0.15) is 11.5 Å². The van der Waals surface area contributed by atoms with Gasteiger partial charge in [-0.25, -0.2) is 15.0 Å². The summed E-state index contributed by atoms with van der Waals surface area (Å²) in [6.45, 7) is 13.3. The fourth-order valence-electron chi connectivity index (χ4n) is 5.54. The molecule has 6 nitrogen and oxygen atoms in total. The van der Waals surface area contributed by atoms with Gasteiger partial charge in [0.05, 0.1) is 12.2 Å². The predicted molar refractivity (Wildman–Crippen MR) is 172 cm³/mol. The molecule has 5 aromatic rings. The van der Waals surface area contributed by atoms with Gasteiger partial charge < -0.3 is 14.4 Å². The van der Waals surface area contributed by atoms with Gasteiger partial charge in [-0.05, 0) is 86.6 Å². The topological polar surface area (TPSA) is 73.1 Å². The Morgan fingerprint density at radius 3 is 2.17 bits per heavy atom. The summed E-state index contributed by atoms with van der Waals surface area (Å²) in [4.78, 5) is 14.9. The number of nitrogens with zero attached hydrogens (tertiary/aromatic N) is 4. The minimum atomic E-state index is 0.196. The minimum absolute atomic E-state index is 0.196. The van der Waals surface area contributed by atoms with E-state index in [1.165, 1.54) is 19.3 Å². The van der Waals surface area contributed by atoms with Crippen LogP contribution in [-0.2, 0) is 7.05 Å². The van der Waals surface area contributed by atoms with E-state index in [4.69, 9.17) is 19.7 Å². The van der Waals surface area contributed by atoms with E-state index in [9.17, 15) is 5.11 Å². The lowest BCUT2D eigenvalue weighted by Crippen LogP contribution is -2.12. The van der Waals surface area contributed by atoms with E-state index in [1.54, 1.807) is 0 Å². The van der Waals surface area contributed by atoms with Gasteiger partial charge in [-0.3, -0.25) is 0 Å². The van der Waals surface area contributed by atoms with Crippen molar-refractivity contribution in [2.45, 2.75) is 67.2 Å². The molecule has 2 heterocycles. The predicted octanol–water partition coefficient (Wildman–Crippen LogP) is 8.90. The lowest BCUT2D eigenvalue weighted by atomic mass is 9.99. The molecule has 0 aliphatic rings. The largest absolute Gasteiger partial charge is 0.507 e. The van der Waals surface area contributed by atoms with E-state index in [0.717, 1.165) is 63.1 Å². The zero-order valence-electron chi connectivity index (χ0n) is 26.0. The molecule has 0 saturated carbocycles. The highest BCUT2D eigenvalue weighted by Crippen LogP contribution is 2.37. The van der Waals surface area contributed by atoms with Gasteiger partial charge in [-0.15, -0.1) is 0 Å². The number of fused-ring (bicyclic) bond motifs is 1. The molecular weight excluding hydrogens is 520 g/mol. The smallest absolute Gasteiger partial charge is 0.167 e. The molecule has 0 bridgehead atoms. The zero-order chi connectivity index (χ0) is 30.0. The standard InChI is InChI=1S/C36H42N4O2/c1-8-10-13-26(9-2)21-42-32-19-18-27(24(5)25(32)6)34-37-35(29-17-16-22(3)23(4)33(29)41)39-36(38-34)30-20-40(7)31-15-12-11-14-28(30)31/h11-12,14-20,26,41H,8-10,13,21H2,1-7H3. The summed E-state index contributed by atoms with van der Waals surface area (Å²) in [7, 11) is 2.03. The van der Waals surface area contributed by atoms with Crippen molar-refractivity contribution in [3.63, 3.8) is 0 Å². The fraction of sp³-hybridized carbons (Fsp3) is 0.361. The molecule has 0 spiro atoms. The van der Waals surface area contributed by atoms with E-state index in [1.807, 2.05) is 51.2 Å². The molecule has 42 heavy (non-hydrogen) atoms. The fourth-order valence-corrected chi connectivity index (χ4v) is 5.54. The molecule has 0 radical (unpaired) electrons. The third-order valence-electron chi connectivity index (χ3n) is 8.71. The van der Waals surface area contributed by atoms with Crippen molar-refractivity contribution < 1.29 is 9.84 Å². The maximum Gasteiger partial charge on any atom is 0.167 e. The number of phenolic OH excluding ortho intramolecular Hbond substituents is 1. The molecule has 2 aromatic heterocycles. The summed E-state index contributed by atoms with van der Waals surface area (Å²) >= 11 is 0. The molecule has 0 aliphatic heterocycles. The first-order valence-corrected chi connectivity index (χ1v) is 15.1. The number of rotatable bonds is 10. The number of para-hydroxylation sites is 1. The van der Waals surface area contributed by atoms with Crippen molar-refractivity contribution in [3.05, 3.63) is 77.0 Å². The number of unbranched alkanes of at least 4 members (excludes halogenated alkanes) is 1. The van der Waals surface area contributed by atoms with Gasteiger partial charge in [-0.1, -0.05) is 57.4 Å². The number of hydrogen-bond acceptors (Lipinski definition) is 5. The van der Waals surface area contributed by atoms with Gasteiger partial charge in [0.15, 0.2) is 17.5 Å². The van der Waals surface area contributed by atoms with Crippen molar-refractivity contribution in [1.82, 2.24) is 19.5 Å². The van der Waals surface area contributed by atoms with Crippen molar-refractivity contribution in [2.75, 3.05) is 6.61 Å². The van der Waals surface area contributed by atoms with Gasteiger partial charge in [0.2, 0.25) is 0 Å². The van der Waals surface area contributed by atoms with Gasteiger partial charge in [-0.2, -0.15) is 0 Å². The maximum absolute atomic E-state index is 11.1. The lowest BCUT2D eigenvalue weighted by Gasteiger charge is -2.19. The average molecular weight is 563 g/mol. The molecule has 0 fully saturated rings. The monoisotopic (exact) mass is 562 g/mol. The van der Waals surface area contributed by atoms with E-state index >= 15 is 0 Å². The Hall–Kier alpha value is -4.19. The number of benzene rings is 3. The second-order valence-electron chi connectivity index (χ2n) is 11.5. The molecule has 1 N–H and O–H groups in total. The maximum atomic E-state index is 11.1. The first-order chi connectivity index (χ1) is 20.2. The zero-order valence-corrected chi connectivity index (χ0v) is 26.0. The summed E-state index contributed by atoms with van der Waals surface area (Å²) in [5.74, 6) is 3.25. The lowest BCUT2D eigenvalue weighted by molar-refractivity contribution is 0.232. The summed E-state index contributed by atoms with van der Waals surface area (Å²) in [5.41, 5.74) is 7.53. The highest BCUT2D eigenvalue weighted by molar-refractivity contribution is 5.94. The summed E-state index contributed by atoms with van der Waals surface area (Å²) in [6, 6.07) is 16.2. The Bertz CT molecular complexity index is 1740. The van der Waals surface area contributed by atoms with Gasteiger partial charge >= 0.3 is 0 Å². The molecule has 6 heteroatoms. The second kappa shape index (κ2) is 12.4. The number of ether oxygens (including phenoxy) is 1. The molecule has 218 valence electrons. The molecule has 3 aromatic carbocycles. The van der Waals surface area contributed by atoms with E-state index in [0.29, 0.717) is 29.0 Å². The Kier molecular flexibility index (Phi) is 8.62. The number of aromatic hydroxyl groups is 1. The van der Waals surface area contributed by atoms with E-state index < -0.39 is 0 Å². The number of phenols is 1. The average Bonchev–Trinajstić information content (AvgIpc) is 3.34. The molecule has 1 atom stereocenters.